The standard InChI is InChI=1S/C23H29BrN2O3S/c1-4-17(3)18-5-7-21(8-6-18)25-23(27)19-13-20(24)15-22(14-19)30(28,29)26-11-9-16(2)10-12-26/h5-8,13-17H,4,9-12H2,1-3H3,(H,25,27)/t17-/m0/s1. The van der Waals surface area contributed by atoms with E-state index >= 15 is 0 Å². The second-order valence-electron chi connectivity index (χ2n) is 8.15. The fourth-order valence-electron chi connectivity index (χ4n) is 3.55. The molecule has 1 aliphatic rings. The van der Waals surface area contributed by atoms with Gasteiger partial charge in [-0.1, -0.05) is 48.8 Å². The van der Waals surface area contributed by atoms with E-state index in [1.165, 1.54) is 15.9 Å². The molecule has 7 heteroatoms. The molecule has 1 N–H and O–H groups in total. The lowest BCUT2D eigenvalue weighted by Crippen LogP contribution is -2.38. The van der Waals surface area contributed by atoms with Gasteiger partial charge in [0.15, 0.2) is 0 Å². The topological polar surface area (TPSA) is 66.5 Å². The summed E-state index contributed by atoms with van der Waals surface area (Å²) in [5, 5.41) is 2.87. The molecule has 1 heterocycles. The average Bonchev–Trinajstić information content (AvgIpc) is 2.73. The number of sulfonamides is 1. The Morgan fingerprint density at radius 1 is 1.17 bits per heavy atom. The number of halogens is 1. The third kappa shape index (κ3) is 5.31. The summed E-state index contributed by atoms with van der Waals surface area (Å²) in [6, 6.07) is 12.4. The van der Waals surface area contributed by atoms with Crippen molar-refractivity contribution in [3.8, 4) is 0 Å². The maximum absolute atomic E-state index is 13.1. The molecule has 1 aliphatic heterocycles. The molecule has 3 rings (SSSR count). The first-order valence-corrected chi connectivity index (χ1v) is 12.7. The Labute approximate surface area is 188 Å². The Morgan fingerprint density at radius 2 is 1.80 bits per heavy atom. The minimum Gasteiger partial charge on any atom is -0.322 e. The van der Waals surface area contributed by atoms with Crippen molar-refractivity contribution in [1.82, 2.24) is 4.31 Å². The summed E-state index contributed by atoms with van der Waals surface area (Å²) in [6.45, 7) is 7.48. The van der Waals surface area contributed by atoms with Crippen molar-refractivity contribution in [3.63, 3.8) is 0 Å². The first kappa shape index (κ1) is 23.0. The number of piperidine rings is 1. The van der Waals surface area contributed by atoms with E-state index in [2.05, 4.69) is 42.0 Å². The van der Waals surface area contributed by atoms with Crippen LogP contribution in [0.4, 0.5) is 5.69 Å². The van der Waals surface area contributed by atoms with E-state index in [-0.39, 0.29) is 10.8 Å². The lowest BCUT2D eigenvalue weighted by Gasteiger charge is -2.29. The Balaban J connectivity index is 1.80. The van der Waals surface area contributed by atoms with Gasteiger partial charge in [0.25, 0.3) is 5.91 Å². The minimum absolute atomic E-state index is 0.142. The Bertz CT molecular complexity index is 998. The zero-order chi connectivity index (χ0) is 21.9. The first-order chi connectivity index (χ1) is 14.2. The van der Waals surface area contributed by atoms with Crippen LogP contribution in [0.2, 0.25) is 0 Å². The Hall–Kier alpha value is -1.70. The molecular weight excluding hydrogens is 464 g/mol. The predicted molar refractivity (Wildman–Crippen MR) is 124 cm³/mol. The highest BCUT2D eigenvalue weighted by Crippen LogP contribution is 2.27. The van der Waals surface area contributed by atoms with Crippen molar-refractivity contribution in [2.24, 2.45) is 5.92 Å². The second-order valence-corrected chi connectivity index (χ2v) is 11.0. The van der Waals surface area contributed by atoms with Gasteiger partial charge in [-0.25, -0.2) is 8.42 Å². The normalized spacial score (nSPS) is 16.9. The summed E-state index contributed by atoms with van der Waals surface area (Å²) >= 11 is 3.36. The number of hydrogen-bond acceptors (Lipinski definition) is 3. The summed E-state index contributed by atoms with van der Waals surface area (Å²) in [4.78, 5) is 12.9. The number of carbonyl (C=O) groups is 1. The second kappa shape index (κ2) is 9.62. The van der Waals surface area contributed by atoms with E-state index in [9.17, 15) is 13.2 Å². The van der Waals surface area contributed by atoms with Gasteiger partial charge in [0.2, 0.25) is 10.0 Å². The summed E-state index contributed by atoms with van der Waals surface area (Å²) in [5.41, 5.74) is 2.21. The van der Waals surface area contributed by atoms with Crippen LogP contribution in [0.1, 0.15) is 61.9 Å². The molecule has 0 radical (unpaired) electrons. The minimum atomic E-state index is -3.63. The molecular formula is C23H29BrN2O3S. The number of nitrogens with zero attached hydrogens (tertiary/aromatic N) is 1. The summed E-state index contributed by atoms with van der Waals surface area (Å²) in [7, 11) is -3.63. The van der Waals surface area contributed by atoms with Gasteiger partial charge >= 0.3 is 0 Å². The largest absolute Gasteiger partial charge is 0.322 e. The van der Waals surface area contributed by atoms with Crippen molar-refractivity contribution in [1.29, 1.82) is 0 Å². The van der Waals surface area contributed by atoms with Crippen molar-refractivity contribution < 1.29 is 13.2 Å². The molecule has 30 heavy (non-hydrogen) atoms. The Kier molecular flexibility index (Phi) is 7.37. The fraction of sp³-hybridized carbons (Fsp3) is 0.435. The zero-order valence-electron chi connectivity index (χ0n) is 17.7. The Morgan fingerprint density at radius 3 is 2.40 bits per heavy atom. The predicted octanol–water partition coefficient (Wildman–Crippen LogP) is 5.64. The van der Waals surface area contributed by atoms with Gasteiger partial charge in [0.1, 0.15) is 0 Å². The number of benzene rings is 2. The fourth-order valence-corrected chi connectivity index (χ4v) is 5.74. The van der Waals surface area contributed by atoms with Crippen LogP contribution in [0.5, 0.6) is 0 Å². The number of nitrogens with one attached hydrogen (secondary N) is 1. The smallest absolute Gasteiger partial charge is 0.255 e. The first-order valence-electron chi connectivity index (χ1n) is 10.4. The van der Waals surface area contributed by atoms with Crippen LogP contribution in [-0.4, -0.2) is 31.7 Å². The number of hydrogen-bond donors (Lipinski definition) is 1. The van der Waals surface area contributed by atoms with E-state index in [1.54, 1.807) is 12.1 Å². The highest BCUT2D eigenvalue weighted by molar-refractivity contribution is 9.10. The van der Waals surface area contributed by atoms with Crippen LogP contribution in [-0.2, 0) is 10.0 Å². The lowest BCUT2D eigenvalue weighted by molar-refractivity contribution is 0.102. The van der Waals surface area contributed by atoms with Crippen molar-refractivity contribution in [2.75, 3.05) is 18.4 Å². The van der Waals surface area contributed by atoms with E-state index in [0.717, 1.165) is 19.3 Å². The zero-order valence-corrected chi connectivity index (χ0v) is 20.1. The van der Waals surface area contributed by atoms with Crippen LogP contribution in [0.15, 0.2) is 51.8 Å². The highest BCUT2D eigenvalue weighted by atomic mass is 79.9. The molecule has 0 aliphatic carbocycles. The quantitative estimate of drug-likeness (QED) is 0.567. The van der Waals surface area contributed by atoms with Gasteiger partial charge in [-0.2, -0.15) is 4.31 Å². The van der Waals surface area contributed by atoms with E-state index in [4.69, 9.17) is 0 Å². The van der Waals surface area contributed by atoms with Crippen molar-refractivity contribution in [3.05, 3.63) is 58.1 Å². The number of carbonyl (C=O) groups excluding carboxylic acids is 1. The number of anilines is 1. The van der Waals surface area contributed by atoms with Gasteiger partial charge < -0.3 is 5.32 Å². The van der Waals surface area contributed by atoms with E-state index < -0.39 is 10.0 Å². The molecule has 1 atom stereocenters. The van der Waals surface area contributed by atoms with Gasteiger partial charge in [-0.3, -0.25) is 4.79 Å². The van der Waals surface area contributed by atoms with Gasteiger partial charge in [0.05, 0.1) is 4.90 Å². The molecule has 1 amide bonds. The average molecular weight is 493 g/mol. The van der Waals surface area contributed by atoms with Crippen LogP contribution in [0.3, 0.4) is 0 Å². The molecule has 0 unspecified atom stereocenters. The van der Waals surface area contributed by atoms with Crippen LogP contribution in [0, 0.1) is 5.92 Å². The highest BCUT2D eigenvalue weighted by Gasteiger charge is 2.29. The van der Waals surface area contributed by atoms with Crippen LogP contribution >= 0.6 is 15.9 Å². The van der Waals surface area contributed by atoms with E-state index in [0.29, 0.717) is 40.6 Å². The van der Waals surface area contributed by atoms with Gasteiger partial charge in [-0.05, 0) is 67.0 Å². The SMILES string of the molecule is CC[C@H](C)c1ccc(NC(=O)c2cc(Br)cc(S(=O)(=O)N3CCC(C)CC3)c2)cc1. The molecule has 5 nitrogen and oxygen atoms in total. The molecule has 0 saturated carbocycles. The van der Waals surface area contributed by atoms with E-state index in [1.807, 2.05) is 24.3 Å². The van der Waals surface area contributed by atoms with Crippen LogP contribution < -0.4 is 5.32 Å². The number of rotatable bonds is 6. The molecule has 0 spiro atoms. The third-order valence-electron chi connectivity index (χ3n) is 5.86. The molecule has 1 saturated heterocycles. The van der Waals surface area contributed by atoms with Crippen molar-refractivity contribution in [2.45, 2.75) is 50.8 Å². The molecule has 0 bridgehead atoms. The third-order valence-corrected chi connectivity index (χ3v) is 8.20. The lowest BCUT2D eigenvalue weighted by atomic mass is 9.98. The van der Waals surface area contributed by atoms with Gasteiger partial charge in [0, 0.05) is 28.8 Å². The molecule has 1 fully saturated rings. The van der Waals surface area contributed by atoms with Gasteiger partial charge in [-0.15, -0.1) is 0 Å². The molecule has 0 aromatic heterocycles. The van der Waals surface area contributed by atoms with Crippen molar-refractivity contribution >= 4 is 37.5 Å². The summed E-state index contributed by atoms with van der Waals surface area (Å²) in [5.74, 6) is 0.661. The number of amides is 1. The molecule has 162 valence electrons. The summed E-state index contributed by atoms with van der Waals surface area (Å²) < 4.78 is 28.2. The summed E-state index contributed by atoms with van der Waals surface area (Å²) in [6.07, 6.45) is 2.76. The monoisotopic (exact) mass is 492 g/mol. The molecule has 2 aromatic rings. The molecule has 2 aromatic carbocycles. The maximum Gasteiger partial charge on any atom is 0.255 e. The maximum atomic E-state index is 13.1. The van der Waals surface area contributed by atoms with Crippen LogP contribution in [0.25, 0.3) is 0 Å².